The van der Waals surface area contributed by atoms with Gasteiger partial charge in [-0.3, -0.25) is 9.69 Å². The zero-order valence-corrected chi connectivity index (χ0v) is 28.0. The number of phenolic OH excluding ortho intramolecular Hbond substituents is 1. The number of hydrogen-bond acceptors (Lipinski definition) is 8. The number of ether oxygens (including phenoxy) is 1. The van der Waals surface area contributed by atoms with Gasteiger partial charge in [-0.15, -0.1) is 6.42 Å². The monoisotopic (exact) mass is 724 g/mol. The number of rotatable bonds is 6. The molecule has 0 radical (unpaired) electrons. The molecule has 2 bridgehead atoms. The second-order valence-electron chi connectivity index (χ2n) is 14.3. The van der Waals surface area contributed by atoms with E-state index in [-0.39, 0.29) is 88.8 Å². The van der Waals surface area contributed by atoms with Crippen LogP contribution in [0.4, 0.5) is 32.2 Å². The van der Waals surface area contributed by atoms with Crippen LogP contribution in [0.1, 0.15) is 62.1 Å². The van der Waals surface area contributed by atoms with E-state index in [1.54, 1.807) is 7.05 Å². The largest absolute Gasteiger partial charge is 0.508 e. The molecule has 2 unspecified atom stereocenters. The van der Waals surface area contributed by atoms with Gasteiger partial charge in [0.1, 0.15) is 41.4 Å². The van der Waals surface area contributed by atoms with Crippen LogP contribution in [0, 0.1) is 24.0 Å². The van der Waals surface area contributed by atoms with Crippen LogP contribution in [0.5, 0.6) is 11.8 Å². The lowest BCUT2D eigenvalue weighted by atomic mass is 9.86. The third kappa shape index (κ3) is 5.45. The highest BCUT2D eigenvalue weighted by atomic mass is 19.4. The van der Waals surface area contributed by atoms with Gasteiger partial charge in [-0.05, 0) is 68.7 Å². The van der Waals surface area contributed by atoms with Crippen LogP contribution < -0.4 is 10.1 Å². The molecule has 52 heavy (non-hydrogen) atoms. The van der Waals surface area contributed by atoms with Crippen LogP contribution in [0.15, 0.2) is 24.3 Å². The number of halogens is 6. The Morgan fingerprint density at radius 2 is 1.88 bits per heavy atom. The Bertz CT molecular complexity index is 2160. The average molecular weight is 725 g/mol. The molecule has 4 saturated heterocycles. The minimum Gasteiger partial charge on any atom is -0.508 e. The SMILES string of the molecule is C#Cc1c(F)ccc2cc(O)cc(-c3nc(NC)c4c(C5CC6CCC(C5)N6C(=O)C(F)(F)F)nc(OC[C@]56CCCN5C[C@@H](F)C6)nc4c3F)c12. The standard InChI is InChI=1S/C37H34F6N6O3/c1-3-24-26(39)8-5-18-13-23(50)14-25(27(18)24)31-29(40)32-28(33(44-2)45-31)30(19-11-21-6-7-22(12-19)49(21)34(51)37(41,42)43)46-35(47-32)52-17-36-9-4-10-48(36)16-20(38)15-36/h1,5,8,13-14,19-22,50H,4,6-7,9-12,15-17H2,2H3,(H,44,45)/t19?,20-,21?,22?,36+/m0/s1. The molecule has 4 fully saturated rings. The number of aromatic hydroxyl groups is 1. The number of benzene rings is 2. The van der Waals surface area contributed by atoms with Crippen molar-refractivity contribution >= 4 is 33.4 Å². The Labute approximate surface area is 294 Å². The molecule has 0 spiro atoms. The number of carbonyl (C=O) groups excluding carboxylic acids is 1. The number of anilines is 1. The summed E-state index contributed by atoms with van der Waals surface area (Å²) in [5.41, 5.74) is -1.01. The van der Waals surface area contributed by atoms with E-state index in [9.17, 15) is 31.9 Å². The van der Waals surface area contributed by atoms with Crippen molar-refractivity contribution in [1.29, 1.82) is 0 Å². The van der Waals surface area contributed by atoms with Gasteiger partial charge in [0.15, 0.2) is 5.82 Å². The van der Waals surface area contributed by atoms with Crippen molar-refractivity contribution in [1.82, 2.24) is 24.8 Å². The van der Waals surface area contributed by atoms with Gasteiger partial charge in [-0.2, -0.15) is 23.1 Å². The summed E-state index contributed by atoms with van der Waals surface area (Å²) in [6.45, 7) is 1.01. The molecule has 2 aromatic carbocycles. The minimum atomic E-state index is -5.02. The van der Waals surface area contributed by atoms with Crippen molar-refractivity contribution in [3.63, 3.8) is 0 Å². The molecule has 4 aliphatic heterocycles. The second kappa shape index (κ2) is 12.4. The lowest BCUT2D eigenvalue weighted by Crippen LogP contribution is -2.51. The fourth-order valence-corrected chi connectivity index (χ4v) is 9.18. The molecule has 4 aromatic rings. The molecule has 272 valence electrons. The van der Waals surface area contributed by atoms with Crippen molar-refractivity contribution < 1.29 is 41.0 Å². The summed E-state index contributed by atoms with van der Waals surface area (Å²) in [7, 11) is 1.54. The first-order chi connectivity index (χ1) is 24.8. The van der Waals surface area contributed by atoms with Gasteiger partial charge >= 0.3 is 18.1 Å². The first kappa shape index (κ1) is 34.3. The number of phenols is 1. The molecule has 8 rings (SSSR count). The molecular formula is C37H34F6N6O3. The predicted octanol–water partition coefficient (Wildman–Crippen LogP) is 6.61. The molecule has 0 saturated carbocycles. The van der Waals surface area contributed by atoms with Crippen LogP contribution >= 0.6 is 0 Å². The molecule has 4 aliphatic rings. The van der Waals surface area contributed by atoms with Gasteiger partial charge in [-0.25, -0.2) is 18.2 Å². The van der Waals surface area contributed by atoms with Crippen molar-refractivity contribution in [2.45, 2.75) is 80.8 Å². The van der Waals surface area contributed by atoms with E-state index in [0.717, 1.165) is 17.4 Å². The number of piperidine rings is 1. The highest BCUT2D eigenvalue weighted by Crippen LogP contribution is 2.48. The number of amides is 1. The van der Waals surface area contributed by atoms with Gasteiger partial charge in [0.25, 0.3) is 0 Å². The van der Waals surface area contributed by atoms with Gasteiger partial charge < -0.3 is 20.1 Å². The van der Waals surface area contributed by atoms with Gasteiger partial charge in [0.2, 0.25) is 0 Å². The maximum atomic E-state index is 17.2. The van der Waals surface area contributed by atoms with Crippen molar-refractivity contribution in [3.8, 4) is 35.4 Å². The van der Waals surface area contributed by atoms with Gasteiger partial charge in [-0.1, -0.05) is 12.0 Å². The lowest BCUT2D eigenvalue weighted by molar-refractivity contribution is -0.190. The topological polar surface area (TPSA) is 104 Å². The van der Waals surface area contributed by atoms with E-state index in [4.69, 9.17) is 16.1 Å². The molecule has 1 amide bonds. The van der Waals surface area contributed by atoms with E-state index in [0.29, 0.717) is 31.2 Å². The summed E-state index contributed by atoms with van der Waals surface area (Å²) in [5.74, 6) is -1.93. The highest BCUT2D eigenvalue weighted by molar-refractivity contribution is 6.04. The second-order valence-corrected chi connectivity index (χ2v) is 14.3. The number of nitrogens with zero attached hydrogens (tertiary/aromatic N) is 5. The number of fused-ring (bicyclic) bond motifs is 5. The molecule has 0 aliphatic carbocycles. The number of aromatic nitrogens is 3. The summed E-state index contributed by atoms with van der Waals surface area (Å²) >= 11 is 0. The van der Waals surface area contributed by atoms with Gasteiger partial charge in [0.05, 0.1) is 22.2 Å². The number of hydrogen-bond donors (Lipinski definition) is 2. The van der Waals surface area contributed by atoms with Crippen LogP contribution in [-0.4, -0.2) is 92.5 Å². The molecule has 15 heteroatoms. The van der Waals surface area contributed by atoms with Crippen LogP contribution in [-0.2, 0) is 4.79 Å². The zero-order chi connectivity index (χ0) is 36.7. The fraction of sp³-hybridized carbons (Fsp3) is 0.459. The third-order valence-electron chi connectivity index (χ3n) is 11.3. The van der Waals surface area contributed by atoms with Gasteiger partial charge in [0, 0.05) is 49.0 Å². The number of alkyl halides is 4. The first-order valence-corrected chi connectivity index (χ1v) is 17.2. The Balaban J connectivity index is 1.30. The smallest absolute Gasteiger partial charge is 0.471 e. The van der Waals surface area contributed by atoms with E-state index < -0.39 is 53.4 Å². The molecule has 2 aromatic heterocycles. The zero-order valence-electron chi connectivity index (χ0n) is 28.0. The number of terminal acetylenes is 1. The molecule has 2 N–H and O–H groups in total. The lowest BCUT2D eigenvalue weighted by Gasteiger charge is -2.39. The summed E-state index contributed by atoms with van der Waals surface area (Å²) in [4.78, 5) is 29.2. The summed E-state index contributed by atoms with van der Waals surface area (Å²) in [6, 6.07) is 3.50. The molecular weight excluding hydrogens is 690 g/mol. The van der Waals surface area contributed by atoms with E-state index in [1.807, 2.05) is 4.90 Å². The number of pyridine rings is 1. The van der Waals surface area contributed by atoms with E-state index in [2.05, 4.69) is 21.2 Å². The van der Waals surface area contributed by atoms with E-state index in [1.165, 1.54) is 18.2 Å². The quantitative estimate of drug-likeness (QED) is 0.169. The third-order valence-corrected chi connectivity index (χ3v) is 11.3. The Hall–Kier alpha value is -4.84. The minimum absolute atomic E-state index is 0.00146. The predicted molar refractivity (Wildman–Crippen MR) is 180 cm³/mol. The Morgan fingerprint density at radius 3 is 2.58 bits per heavy atom. The Kier molecular flexibility index (Phi) is 8.16. The number of nitrogens with one attached hydrogen (secondary N) is 1. The number of carbonyl (C=O) groups is 1. The van der Waals surface area contributed by atoms with Crippen molar-refractivity contribution in [2.75, 3.05) is 32.1 Å². The van der Waals surface area contributed by atoms with Crippen molar-refractivity contribution in [3.05, 3.63) is 47.2 Å². The molecule has 9 nitrogen and oxygen atoms in total. The molecule has 4 atom stereocenters. The highest BCUT2D eigenvalue weighted by Gasteiger charge is 2.53. The van der Waals surface area contributed by atoms with Crippen LogP contribution in [0.25, 0.3) is 32.9 Å². The van der Waals surface area contributed by atoms with Crippen molar-refractivity contribution in [2.24, 2.45) is 0 Å². The average Bonchev–Trinajstić information content (AvgIpc) is 3.72. The summed E-state index contributed by atoms with van der Waals surface area (Å²) in [5, 5.41) is 14.2. The first-order valence-electron chi connectivity index (χ1n) is 17.2. The maximum absolute atomic E-state index is 17.2. The normalized spacial score (nSPS) is 25.8. The maximum Gasteiger partial charge on any atom is 0.471 e. The van der Waals surface area contributed by atoms with Crippen LogP contribution in [0.2, 0.25) is 0 Å². The Morgan fingerprint density at radius 1 is 1.13 bits per heavy atom. The molecule has 6 heterocycles. The van der Waals surface area contributed by atoms with E-state index >= 15 is 4.39 Å². The van der Waals surface area contributed by atoms with Crippen LogP contribution in [0.3, 0.4) is 0 Å². The summed E-state index contributed by atoms with van der Waals surface area (Å²) in [6.07, 6.45) is 2.42. The fourth-order valence-electron chi connectivity index (χ4n) is 9.18. The summed E-state index contributed by atoms with van der Waals surface area (Å²) < 4.78 is 93.7.